The van der Waals surface area contributed by atoms with Gasteiger partial charge in [0.25, 0.3) is 0 Å². The molecule has 1 spiro atoms. The van der Waals surface area contributed by atoms with Crippen LogP contribution in [-0.4, -0.2) is 103 Å². The third-order valence-corrected chi connectivity index (χ3v) is 10.7. The lowest BCUT2D eigenvalue weighted by Crippen LogP contribution is -2.73. The van der Waals surface area contributed by atoms with Crippen molar-refractivity contribution in [2.24, 2.45) is 5.92 Å². The molecular formula is C33H56Cl3N7O4S. The van der Waals surface area contributed by atoms with Crippen molar-refractivity contribution >= 4 is 59.1 Å². The molecule has 1 aromatic heterocycles. The maximum atomic E-state index is 13.6. The van der Waals surface area contributed by atoms with E-state index in [1.807, 2.05) is 42.4 Å². The lowest BCUT2D eigenvalue weighted by Gasteiger charge is -2.52. The summed E-state index contributed by atoms with van der Waals surface area (Å²) in [4.78, 5) is 33.7. The number of hydrogen-bond acceptors (Lipinski definition) is 7. The monoisotopic (exact) mass is 751 g/mol. The largest absolute Gasteiger partial charge is 0.342 e. The van der Waals surface area contributed by atoms with E-state index in [1.165, 1.54) is 0 Å². The maximum Gasteiger partial charge on any atom is 0.246 e. The molecule has 3 heterocycles. The third-order valence-electron chi connectivity index (χ3n) is 9.22. The molecule has 0 bridgehead atoms. The van der Waals surface area contributed by atoms with Crippen LogP contribution >= 0.6 is 37.2 Å². The number of carbonyl (C=O) groups is 2. The minimum Gasteiger partial charge on any atom is -0.342 e. The van der Waals surface area contributed by atoms with Crippen LogP contribution < -0.4 is 10.0 Å². The first kappa shape index (κ1) is 44.1. The molecule has 4 rings (SSSR count). The highest BCUT2D eigenvalue weighted by Gasteiger charge is 2.53. The Morgan fingerprint density at radius 1 is 1.04 bits per heavy atom. The van der Waals surface area contributed by atoms with Gasteiger partial charge < -0.3 is 15.1 Å². The fourth-order valence-electron chi connectivity index (χ4n) is 6.56. The average Bonchev–Trinajstić information content (AvgIpc) is 3.27. The van der Waals surface area contributed by atoms with Gasteiger partial charge in [0.05, 0.1) is 16.3 Å². The zero-order chi connectivity index (χ0) is 32.9. The van der Waals surface area contributed by atoms with E-state index in [0.717, 1.165) is 48.4 Å². The van der Waals surface area contributed by atoms with Crippen molar-refractivity contribution in [3.8, 4) is 5.69 Å². The Kier molecular flexibility index (Phi) is 17.4. The molecule has 2 aliphatic heterocycles. The van der Waals surface area contributed by atoms with Crippen molar-refractivity contribution in [1.29, 1.82) is 0 Å². The van der Waals surface area contributed by atoms with Crippen LogP contribution in [-0.2, 0) is 26.2 Å². The first-order valence-electron chi connectivity index (χ1n) is 16.4. The number of hydrogen-bond donors (Lipinski definition) is 2. The SMILES string of the molecule is CCCCN1C(=O)[C@H](CC(C)C)NC(=O)C12CCN(Cc1c(C)nn(-c3ccc(S(=O)(=O)NCCCN(C)C)cc3)c1C)CC2.Cl.Cl.Cl. The molecule has 15 heteroatoms. The Morgan fingerprint density at radius 3 is 2.23 bits per heavy atom. The molecule has 0 unspecified atom stereocenters. The number of aryl methyl sites for hydroxylation is 1. The third kappa shape index (κ3) is 10.1. The van der Waals surface area contributed by atoms with Crippen molar-refractivity contribution < 1.29 is 18.0 Å². The summed E-state index contributed by atoms with van der Waals surface area (Å²) >= 11 is 0. The van der Waals surface area contributed by atoms with Gasteiger partial charge in [0.2, 0.25) is 21.8 Å². The molecule has 2 aliphatic rings. The second-order valence-corrected chi connectivity index (χ2v) is 15.2. The molecule has 0 aliphatic carbocycles. The van der Waals surface area contributed by atoms with Crippen LogP contribution in [0.2, 0.25) is 0 Å². The van der Waals surface area contributed by atoms with Gasteiger partial charge in [0.15, 0.2) is 0 Å². The summed E-state index contributed by atoms with van der Waals surface area (Å²) < 4.78 is 30.1. The van der Waals surface area contributed by atoms with Gasteiger partial charge >= 0.3 is 0 Å². The van der Waals surface area contributed by atoms with Crippen LogP contribution in [0.25, 0.3) is 5.69 Å². The van der Waals surface area contributed by atoms with E-state index < -0.39 is 21.6 Å². The minimum absolute atomic E-state index is 0. The van der Waals surface area contributed by atoms with Crippen molar-refractivity contribution in [2.75, 3.05) is 46.8 Å². The number of likely N-dealkylation sites (tertiary alicyclic amines) is 1. The first-order valence-corrected chi connectivity index (χ1v) is 17.9. The summed E-state index contributed by atoms with van der Waals surface area (Å²) in [5.74, 6) is 0.386. The van der Waals surface area contributed by atoms with Gasteiger partial charge in [-0.3, -0.25) is 14.5 Å². The molecule has 2 N–H and O–H groups in total. The van der Waals surface area contributed by atoms with E-state index in [0.29, 0.717) is 57.9 Å². The molecule has 1 atom stereocenters. The zero-order valence-electron chi connectivity index (χ0n) is 29.5. The number of carbonyl (C=O) groups excluding carboxylic acids is 2. The van der Waals surface area contributed by atoms with E-state index in [2.05, 4.69) is 35.7 Å². The highest BCUT2D eigenvalue weighted by molar-refractivity contribution is 7.89. The van der Waals surface area contributed by atoms with Gasteiger partial charge in [-0.2, -0.15) is 5.10 Å². The highest BCUT2D eigenvalue weighted by atomic mass is 35.5. The van der Waals surface area contributed by atoms with E-state index in [1.54, 1.807) is 24.3 Å². The zero-order valence-corrected chi connectivity index (χ0v) is 32.7. The normalized spacial score (nSPS) is 18.0. The van der Waals surface area contributed by atoms with Crippen molar-refractivity contribution in [2.45, 2.75) is 96.2 Å². The number of unbranched alkanes of at least 4 members (excludes halogenated alkanes) is 1. The molecule has 274 valence electrons. The first-order chi connectivity index (χ1) is 21.3. The molecule has 2 saturated heterocycles. The smallest absolute Gasteiger partial charge is 0.246 e. The number of aromatic nitrogens is 2. The van der Waals surface area contributed by atoms with Crippen molar-refractivity contribution in [3.63, 3.8) is 0 Å². The van der Waals surface area contributed by atoms with E-state index in [9.17, 15) is 18.0 Å². The predicted molar refractivity (Wildman–Crippen MR) is 198 cm³/mol. The van der Waals surface area contributed by atoms with Gasteiger partial charge in [-0.15, -0.1) is 37.2 Å². The van der Waals surface area contributed by atoms with E-state index in [-0.39, 0.29) is 53.9 Å². The highest BCUT2D eigenvalue weighted by Crippen LogP contribution is 2.35. The van der Waals surface area contributed by atoms with Crippen LogP contribution in [0.4, 0.5) is 0 Å². The van der Waals surface area contributed by atoms with Crippen LogP contribution in [0.5, 0.6) is 0 Å². The summed E-state index contributed by atoms with van der Waals surface area (Å²) in [6.45, 7) is 14.2. The van der Waals surface area contributed by atoms with Crippen LogP contribution in [0.1, 0.15) is 76.2 Å². The van der Waals surface area contributed by atoms with Crippen molar-refractivity contribution in [1.82, 2.24) is 34.5 Å². The second kappa shape index (κ2) is 18.9. The van der Waals surface area contributed by atoms with Gasteiger partial charge in [-0.25, -0.2) is 17.8 Å². The van der Waals surface area contributed by atoms with Crippen LogP contribution in [0, 0.1) is 19.8 Å². The van der Waals surface area contributed by atoms with Crippen LogP contribution in [0.3, 0.4) is 0 Å². The number of nitrogens with zero attached hydrogens (tertiary/aromatic N) is 5. The van der Waals surface area contributed by atoms with Crippen molar-refractivity contribution in [3.05, 3.63) is 41.2 Å². The quantitative estimate of drug-likeness (QED) is 0.273. The van der Waals surface area contributed by atoms with Gasteiger partial charge in [0.1, 0.15) is 11.6 Å². The molecule has 1 aromatic carbocycles. The Balaban J connectivity index is 0.00000384. The number of piperidine rings is 1. The number of sulfonamides is 1. The van der Waals surface area contributed by atoms with Gasteiger partial charge in [-0.05, 0) is 96.8 Å². The molecule has 11 nitrogen and oxygen atoms in total. The predicted octanol–water partition coefficient (Wildman–Crippen LogP) is 4.49. The average molecular weight is 753 g/mol. The maximum absolute atomic E-state index is 13.6. The molecule has 2 amide bonds. The summed E-state index contributed by atoms with van der Waals surface area (Å²) in [6, 6.07) is 6.39. The fourth-order valence-corrected chi connectivity index (χ4v) is 7.63. The Morgan fingerprint density at radius 2 is 1.67 bits per heavy atom. The summed E-state index contributed by atoms with van der Waals surface area (Å²) in [5, 5.41) is 7.89. The van der Waals surface area contributed by atoms with Crippen LogP contribution in [0.15, 0.2) is 29.2 Å². The molecular weight excluding hydrogens is 697 g/mol. The number of benzene rings is 1. The Bertz CT molecular complexity index is 1440. The lowest BCUT2D eigenvalue weighted by molar-refractivity contribution is -0.161. The van der Waals surface area contributed by atoms with Gasteiger partial charge in [0, 0.05) is 44.0 Å². The Hall–Kier alpha value is -1.93. The summed E-state index contributed by atoms with van der Waals surface area (Å²) in [7, 11) is 0.340. The van der Waals surface area contributed by atoms with Gasteiger partial charge in [-0.1, -0.05) is 27.2 Å². The molecule has 0 saturated carbocycles. The number of nitrogens with one attached hydrogen (secondary N) is 2. The molecule has 2 fully saturated rings. The standard InChI is InChI=1S/C33H53N7O4S.3ClH/c1-8-9-19-39-31(41)30(22-24(2)3)35-32(42)33(39)15-20-38(21-16-33)23-29-25(4)36-40(26(29)5)27-11-13-28(14-12-27)45(43,44)34-17-10-18-37(6)7;;;/h11-14,24,30,34H,8-10,15-23H2,1-7H3,(H,35,42);3*1H/t30-;;;/m0.../s1. The lowest BCUT2D eigenvalue weighted by atomic mass is 9.80. The number of piperazine rings is 1. The number of rotatable bonds is 14. The minimum atomic E-state index is -3.58. The molecule has 0 radical (unpaired) electrons. The van der Waals surface area contributed by atoms with E-state index in [4.69, 9.17) is 5.10 Å². The fraction of sp³-hybridized carbons (Fsp3) is 0.667. The Labute approximate surface area is 306 Å². The second-order valence-electron chi connectivity index (χ2n) is 13.4. The molecule has 48 heavy (non-hydrogen) atoms. The summed E-state index contributed by atoms with van der Waals surface area (Å²) in [5.41, 5.74) is 3.05. The topological polar surface area (TPSA) is 120 Å². The summed E-state index contributed by atoms with van der Waals surface area (Å²) in [6.07, 6.45) is 4.46. The number of halogens is 3. The number of amides is 2. The molecule has 2 aromatic rings. The van der Waals surface area contributed by atoms with E-state index >= 15 is 0 Å².